The standard InChI is InChI=1S/C28H50/c1-3-5-6-16-27-17-20-28(21-18-27,22-19-27)26-14-12-25(13-15-26)24-10-8-23(7-4-2)9-11-24/h23-26H,3-22H2,1-2H3/t23-,24-,25?,26?,27?,28?. The Labute approximate surface area is 177 Å². The van der Waals surface area contributed by atoms with Crippen LogP contribution in [0.5, 0.6) is 0 Å². The minimum absolute atomic E-state index is 0.797. The van der Waals surface area contributed by atoms with Crippen LogP contribution >= 0.6 is 0 Å². The van der Waals surface area contributed by atoms with E-state index in [4.69, 9.17) is 0 Å². The molecular formula is C28H50. The van der Waals surface area contributed by atoms with E-state index < -0.39 is 0 Å². The second kappa shape index (κ2) is 9.43. The number of fused-ring (bicyclic) bond motifs is 3. The van der Waals surface area contributed by atoms with Crippen LogP contribution in [-0.2, 0) is 0 Å². The van der Waals surface area contributed by atoms with Gasteiger partial charge >= 0.3 is 0 Å². The smallest absolute Gasteiger partial charge is 0.0269 e. The fourth-order valence-electron chi connectivity index (χ4n) is 8.59. The first kappa shape index (κ1) is 21.2. The highest BCUT2D eigenvalue weighted by atomic mass is 14.6. The van der Waals surface area contributed by atoms with E-state index in [1.807, 2.05) is 0 Å². The lowest BCUT2D eigenvalue weighted by Crippen LogP contribution is -2.46. The highest BCUT2D eigenvalue weighted by Crippen LogP contribution is 2.63. The molecule has 0 radical (unpaired) electrons. The lowest BCUT2D eigenvalue weighted by molar-refractivity contribution is -0.0679. The van der Waals surface area contributed by atoms with E-state index in [-0.39, 0.29) is 0 Å². The van der Waals surface area contributed by atoms with Crippen LogP contribution in [0, 0.1) is 34.5 Å². The summed E-state index contributed by atoms with van der Waals surface area (Å²) in [5.41, 5.74) is 1.60. The summed E-state index contributed by atoms with van der Waals surface area (Å²) in [5, 5.41) is 0. The molecule has 162 valence electrons. The van der Waals surface area contributed by atoms with E-state index in [9.17, 15) is 0 Å². The van der Waals surface area contributed by atoms with Crippen LogP contribution in [0.15, 0.2) is 0 Å². The van der Waals surface area contributed by atoms with Crippen molar-refractivity contribution in [2.75, 3.05) is 0 Å². The van der Waals surface area contributed by atoms with Gasteiger partial charge in [-0.05, 0) is 118 Å². The van der Waals surface area contributed by atoms with Crippen molar-refractivity contribution < 1.29 is 0 Å². The van der Waals surface area contributed by atoms with Crippen LogP contribution in [-0.4, -0.2) is 0 Å². The molecule has 2 bridgehead atoms. The molecule has 5 aliphatic rings. The van der Waals surface area contributed by atoms with Gasteiger partial charge in [-0.3, -0.25) is 0 Å². The van der Waals surface area contributed by atoms with E-state index >= 15 is 0 Å². The van der Waals surface area contributed by atoms with Crippen molar-refractivity contribution in [2.45, 2.75) is 142 Å². The molecule has 0 nitrogen and oxygen atoms in total. The molecule has 0 amide bonds. The first-order valence-corrected chi connectivity index (χ1v) is 13.7. The van der Waals surface area contributed by atoms with Gasteiger partial charge in [0.2, 0.25) is 0 Å². The molecule has 0 aromatic heterocycles. The third-order valence-electron chi connectivity index (χ3n) is 10.7. The van der Waals surface area contributed by atoms with Crippen molar-refractivity contribution in [1.29, 1.82) is 0 Å². The molecule has 0 aromatic rings. The summed E-state index contributed by atoms with van der Waals surface area (Å²) in [6.45, 7) is 4.73. The molecular weight excluding hydrogens is 336 g/mol. The van der Waals surface area contributed by atoms with Crippen LogP contribution in [0.2, 0.25) is 0 Å². The van der Waals surface area contributed by atoms with Crippen LogP contribution in [0.1, 0.15) is 142 Å². The van der Waals surface area contributed by atoms with Gasteiger partial charge in [-0.25, -0.2) is 0 Å². The van der Waals surface area contributed by atoms with Crippen molar-refractivity contribution >= 4 is 0 Å². The number of hydrogen-bond donors (Lipinski definition) is 0. The Balaban J connectivity index is 1.23. The molecule has 0 atom stereocenters. The zero-order valence-electron chi connectivity index (χ0n) is 19.5. The second-order valence-corrected chi connectivity index (χ2v) is 12.0. The zero-order valence-corrected chi connectivity index (χ0v) is 19.5. The number of unbranched alkanes of at least 4 members (excludes halogenated alkanes) is 2. The molecule has 5 fully saturated rings. The fourth-order valence-corrected chi connectivity index (χ4v) is 8.59. The molecule has 0 saturated heterocycles. The predicted molar refractivity (Wildman–Crippen MR) is 123 cm³/mol. The Morgan fingerprint density at radius 3 is 1.71 bits per heavy atom. The monoisotopic (exact) mass is 386 g/mol. The molecule has 0 spiro atoms. The van der Waals surface area contributed by atoms with Crippen LogP contribution in [0.3, 0.4) is 0 Å². The summed E-state index contributed by atoms with van der Waals surface area (Å²) in [4.78, 5) is 0. The molecule has 28 heavy (non-hydrogen) atoms. The minimum Gasteiger partial charge on any atom is -0.0654 e. The summed E-state index contributed by atoms with van der Waals surface area (Å²) in [6.07, 6.45) is 31.1. The van der Waals surface area contributed by atoms with Gasteiger partial charge in [0.1, 0.15) is 0 Å². The normalized spacial score (nSPS) is 43.9. The molecule has 0 N–H and O–H groups in total. The molecule has 5 aliphatic carbocycles. The van der Waals surface area contributed by atoms with Gasteiger partial charge in [0.15, 0.2) is 0 Å². The average Bonchev–Trinajstić information content (AvgIpc) is 2.76. The van der Waals surface area contributed by atoms with Gasteiger partial charge in [-0.1, -0.05) is 58.8 Å². The Bertz CT molecular complexity index is 436. The SMILES string of the molecule is CCCCCC12CCC(C3CCC([C@H]4CC[C@H](CCC)CC4)CC3)(CC1)CC2. The van der Waals surface area contributed by atoms with E-state index in [1.54, 1.807) is 96.3 Å². The number of rotatable bonds is 8. The van der Waals surface area contributed by atoms with Crippen molar-refractivity contribution in [3.05, 3.63) is 0 Å². The predicted octanol–water partition coefficient (Wildman–Crippen LogP) is 9.32. The van der Waals surface area contributed by atoms with E-state index in [0.717, 1.165) is 34.5 Å². The van der Waals surface area contributed by atoms with Gasteiger partial charge in [-0.15, -0.1) is 0 Å². The van der Waals surface area contributed by atoms with Gasteiger partial charge in [0.05, 0.1) is 0 Å². The first-order valence-electron chi connectivity index (χ1n) is 13.7. The van der Waals surface area contributed by atoms with Crippen molar-refractivity contribution in [3.63, 3.8) is 0 Å². The van der Waals surface area contributed by atoms with E-state index in [0.29, 0.717) is 0 Å². The molecule has 0 heteroatoms. The Morgan fingerprint density at radius 2 is 1.18 bits per heavy atom. The third-order valence-corrected chi connectivity index (χ3v) is 10.7. The van der Waals surface area contributed by atoms with Gasteiger partial charge in [-0.2, -0.15) is 0 Å². The molecule has 0 heterocycles. The van der Waals surface area contributed by atoms with Gasteiger partial charge in [0.25, 0.3) is 0 Å². The zero-order chi connectivity index (χ0) is 19.5. The highest BCUT2D eigenvalue weighted by molar-refractivity contribution is 5.03. The maximum Gasteiger partial charge on any atom is -0.0269 e. The molecule has 0 aromatic carbocycles. The molecule has 5 rings (SSSR count). The lowest BCUT2D eigenvalue weighted by atomic mass is 9.47. The molecule has 5 saturated carbocycles. The highest BCUT2D eigenvalue weighted by Gasteiger charge is 2.51. The Kier molecular flexibility index (Phi) is 7.15. The maximum absolute atomic E-state index is 2.37. The maximum atomic E-state index is 2.37. The molecule has 0 unspecified atom stereocenters. The lowest BCUT2D eigenvalue weighted by Gasteiger charge is -2.58. The summed E-state index contributed by atoms with van der Waals surface area (Å²) in [5.74, 6) is 4.40. The van der Waals surface area contributed by atoms with Crippen molar-refractivity contribution in [2.24, 2.45) is 34.5 Å². The van der Waals surface area contributed by atoms with E-state index in [2.05, 4.69) is 13.8 Å². The van der Waals surface area contributed by atoms with Crippen LogP contribution < -0.4 is 0 Å². The first-order chi connectivity index (χ1) is 13.7. The van der Waals surface area contributed by atoms with E-state index in [1.165, 1.54) is 32.1 Å². The number of hydrogen-bond acceptors (Lipinski definition) is 0. The second-order valence-electron chi connectivity index (χ2n) is 12.0. The largest absolute Gasteiger partial charge is 0.0654 e. The van der Waals surface area contributed by atoms with Crippen LogP contribution in [0.25, 0.3) is 0 Å². The summed E-state index contributed by atoms with van der Waals surface area (Å²) in [6, 6.07) is 0. The van der Waals surface area contributed by atoms with Gasteiger partial charge in [0, 0.05) is 0 Å². The van der Waals surface area contributed by atoms with Crippen LogP contribution in [0.4, 0.5) is 0 Å². The topological polar surface area (TPSA) is 0 Å². The minimum atomic E-state index is 0.797. The summed E-state index contributed by atoms with van der Waals surface area (Å²) in [7, 11) is 0. The van der Waals surface area contributed by atoms with Gasteiger partial charge < -0.3 is 0 Å². The fraction of sp³-hybridized carbons (Fsp3) is 1.00. The summed E-state index contributed by atoms with van der Waals surface area (Å²) < 4.78 is 0. The average molecular weight is 387 g/mol. The Hall–Kier alpha value is 0. The molecule has 0 aliphatic heterocycles. The third kappa shape index (κ3) is 4.51. The van der Waals surface area contributed by atoms with Crippen molar-refractivity contribution in [3.8, 4) is 0 Å². The quantitative estimate of drug-likeness (QED) is 0.364. The Morgan fingerprint density at radius 1 is 0.607 bits per heavy atom. The van der Waals surface area contributed by atoms with Crippen molar-refractivity contribution in [1.82, 2.24) is 0 Å². The summed E-state index contributed by atoms with van der Waals surface area (Å²) >= 11 is 0.